The molecule has 3 rings (SSSR count). The van der Waals surface area contributed by atoms with Crippen molar-refractivity contribution in [1.29, 1.82) is 0 Å². The first-order valence-corrected chi connectivity index (χ1v) is 7.81. The summed E-state index contributed by atoms with van der Waals surface area (Å²) in [4.78, 5) is 15.7. The summed E-state index contributed by atoms with van der Waals surface area (Å²) in [6.07, 6.45) is 0. The molecule has 0 unspecified atom stereocenters. The molecule has 2 N–H and O–H groups in total. The van der Waals surface area contributed by atoms with Gasteiger partial charge >= 0.3 is 0 Å². The number of carbonyl (C=O) groups excluding carboxylic acids is 1. The highest BCUT2D eigenvalue weighted by Crippen LogP contribution is 2.28. The number of carbonyl (C=O) groups is 1. The zero-order chi connectivity index (χ0) is 18.7. The number of amides is 1. The predicted molar refractivity (Wildman–Crippen MR) is 92.5 cm³/mol. The number of methoxy groups -OCH3 is 1. The number of aromatic nitrogens is 1. The lowest BCUT2D eigenvalue weighted by Gasteiger charge is -2.07. The molecule has 1 aromatic heterocycles. The van der Waals surface area contributed by atoms with Gasteiger partial charge in [-0.1, -0.05) is 12.1 Å². The van der Waals surface area contributed by atoms with Crippen LogP contribution in [0.15, 0.2) is 46.9 Å². The average molecular weight is 356 g/mol. The maximum Gasteiger partial charge on any atom is 0.252 e. The van der Waals surface area contributed by atoms with Crippen LogP contribution < -0.4 is 15.2 Å². The molecule has 6 nitrogen and oxygen atoms in total. The molecule has 0 radical (unpaired) electrons. The minimum absolute atomic E-state index is 0.0530. The lowest BCUT2D eigenvalue weighted by atomic mass is 10.2. The highest BCUT2D eigenvalue weighted by molar-refractivity contribution is 5.95. The number of benzene rings is 2. The number of para-hydroxylation sites is 1. The van der Waals surface area contributed by atoms with Crippen LogP contribution in [0.4, 0.5) is 4.39 Å². The van der Waals surface area contributed by atoms with Gasteiger partial charge in [-0.15, -0.1) is 0 Å². The van der Waals surface area contributed by atoms with E-state index in [2.05, 4.69) is 4.98 Å². The van der Waals surface area contributed by atoms with Gasteiger partial charge in [-0.2, -0.15) is 0 Å². The highest BCUT2D eigenvalue weighted by atomic mass is 19.1. The summed E-state index contributed by atoms with van der Waals surface area (Å²) >= 11 is 0. The number of halogens is 1. The lowest BCUT2D eigenvalue weighted by Crippen LogP contribution is -2.13. The van der Waals surface area contributed by atoms with E-state index < -0.39 is 11.7 Å². The number of nitrogens with two attached hydrogens (primary N) is 1. The van der Waals surface area contributed by atoms with Crippen LogP contribution in [0.25, 0.3) is 11.5 Å². The number of primary amides is 1. The first kappa shape index (κ1) is 17.5. The topological polar surface area (TPSA) is 87.6 Å². The molecule has 0 aliphatic heterocycles. The number of hydrogen-bond donors (Lipinski definition) is 1. The first-order chi connectivity index (χ1) is 12.5. The molecule has 0 fully saturated rings. The Labute approximate surface area is 149 Å². The normalized spacial score (nSPS) is 10.6. The zero-order valence-corrected chi connectivity index (χ0v) is 14.3. The van der Waals surface area contributed by atoms with Crippen LogP contribution in [0.5, 0.6) is 11.5 Å². The average Bonchev–Trinajstić information content (AvgIpc) is 3.00. The molecule has 0 atom stereocenters. The molecule has 3 aromatic rings. The van der Waals surface area contributed by atoms with E-state index >= 15 is 0 Å². The lowest BCUT2D eigenvalue weighted by molar-refractivity contribution is 0.0996. The van der Waals surface area contributed by atoms with E-state index in [1.54, 1.807) is 37.3 Å². The van der Waals surface area contributed by atoms with Crippen molar-refractivity contribution in [3.8, 4) is 23.0 Å². The number of rotatable bonds is 6. The zero-order valence-electron chi connectivity index (χ0n) is 14.3. The first-order valence-electron chi connectivity index (χ1n) is 7.81. The molecule has 0 aliphatic carbocycles. The third-order valence-corrected chi connectivity index (χ3v) is 3.82. The van der Waals surface area contributed by atoms with Crippen molar-refractivity contribution in [2.45, 2.75) is 13.5 Å². The van der Waals surface area contributed by atoms with Crippen LogP contribution in [0.2, 0.25) is 0 Å². The molecule has 0 saturated heterocycles. The second kappa shape index (κ2) is 7.26. The minimum Gasteiger partial charge on any atom is -0.497 e. The van der Waals surface area contributed by atoms with E-state index in [1.807, 2.05) is 0 Å². The maximum absolute atomic E-state index is 14.2. The standard InChI is InChI=1S/C19H17FN2O4/c1-11-16(10-25-17-6-4-3-5-14(17)18(21)23)22-19(26-11)13-8-7-12(24-2)9-15(13)20/h3-9H,10H2,1-2H3,(H2,21,23). The monoisotopic (exact) mass is 356 g/mol. The molecule has 0 spiro atoms. The number of hydrogen-bond acceptors (Lipinski definition) is 5. The third kappa shape index (κ3) is 3.51. The van der Waals surface area contributed by atoms with E-state index in [1.165, 1.54) is 19.2 Å². The van der Waals surface area contributed by atoms with E-state index in [9.17, 15) is 9.18 Å². The van der Waals surface area contributed by atoms with E-state index in [0.717, 1.165) is 0 Å². The SMILES string of the molecule is COc1ccc(-c2nc(COc3ccccc3C(N)=O)c(C)o2)c(F)c1. The van der Waals surface area contributed by atoms with Crippen LogP contribution >= 0.6 is 0 Å². The van der Waals surface area contributed by atoms with Gasteiger partial charge < -0.3 is 19.6 Å². The quantitative estimate of drug-likeness (QED) is 0.731. The maximum atomic E-state index is 14.2. The van der Waals surface area contributed by atoms with Crippen LogP contribution in [-0.4, -0.2) is 18.0 Å². The Balaban J connectivity index is 1.82. The van der Waals surface area contributed by atoms with Crippen molar-refractivity contribution in [1.82, 2.24) is 4.98 Å². The van der Waals surface area contributed by atoms with Gasteiger partial charge in [-0.05, 0) is 31.2 Å². The Hall–Kier alpha value is -3.35. The van der Waals surface area contributed by atoms with Gasteiger partial charge in [0.1, 0.15) is 35.4 Å². The molecule has 134 valence electrons. The molecular weight excluding hydrogens is 339 g/mol. The Bertz CT molecular complexity index is 952. The number of aryl methyl sites for hydroxylation is 1. The molecule has 0 bridgehead atoms. The van der Waals surface area contributed by atoms with Gasteiger partial charge in [0, 0.05) is 6.07 Å². The van der Waals surface area contributed by atoms with Crippen molar-refractivity contribution in [2.75, 3.05) is 7.11 Å². The molecule has 0 aliphatic rings. The highest BCUT2D eigenvalue weighted by Gasteiger charge is 2.17. The van der Waals surface area contributed by atoms with Crippen molar-refractivity contribution < 1.29 is 23.1 Å². The fraction of sp³-hybridized carbons (Fsp3) is 0.158. The predicted octanol–water partition coefficient (Wildman–Crippen LogP) is 3.48. The summed E-state index contributed by atoms with van der Waals surface area (Å²) in [5, 5.41) is 0. The third-order valence-electron chi connectivity index (χ3n) is 3.82. The summed E-state index contributed by atoms with van der Waals surface area (Å²) in [5.74, 6) is 0.299. The summed E-state index contributed by atoms with van der Waals surface area (Å²) in [6.45, 7) is 1.76. The van der Waals surface area contributed by atoms with E-state index in [4.69, 9.17) is 19.6 Å². The van der Waals surface area contributed by atoms with Crippen molar-refractivity contribution in [3.05, 3.63) is 65.3 Å². The summed E-state index contributed by atoms with van der Waals surface area (Å²) in [6, 6.07) is 11.1. The Kier molecular flexibility index (Phi) is 4.88. The molecular formula is C19H17FN2O4. The number of oxazole rings is 1. The molecule has 7 heteroatoms. The number of nitrogens with zero attached hydrogens (tertiary/aromatic N) is 1. The molecule has 1 heterocycles. The molecule has 1 amide bonds. The van der Waals surface area contributed by atoms with Crippen LogP contribution in [-0.2, 0) is 6.61 Å². The van der Waals surface area contributed by atoms with Crippen molar-refractivity contribution in [3.63, 3.8) is 0 Å². The second-order valence-corrected chi connectivity index (χ2v) is 5.52. The van der Waals surface area contributed by atoms with Crippen LogP contribution in [0.3, 0.4) is 0 Å². The Morgan fingerprint density at radius 3 is 2.73 bits per heavy atom. The minimum atomic E-state index is -0.585. The fourth-order valence-corrected chi connectivity index (χ4v) is 2.42. The van der Waals surface area contributed by atoms with E-state index in [-0.39, 0.29) is 23.6 Å². The smallest absolute Gasteiger partial charge is 0.252 e. The van der Waals surface area contributed by atoms with Crippen molar-refractivity contribution >= 4 is 5.91 Å². The Morgan fingerprint density at radius 2 is 2.04 bits per heavy atom. The summed E-state index contributed by atoms with van der Waals surface area (Å²) < 4.78 is 30.4. The molecule has 26 heavy (non-hydrogen) atoms. The van der Waals surface area contributed by atoms with Crippen LogP contribution in [0, 0.1) is 12.7 Å². The Morgan fingerprint density at radius 1 is 1.27 bits per heavy atom. The van der Waals surface area contributed by atoms with Crippen molar-refractivity contribution in [2.24, 2.45) is 5.73 Å². The summed E-state index contributed by atoms with van der Waals surface area (Å²) in [7, 11) is 1.46. The second-order valence-electron chi connectivity index (χ2n) is 5.52. The van der Waals surface area contributed by atoms with Gasteiger partial charge in [0.25, 0.3) is 5.91 Å². The largest absolute Gasteiger partial charge is 0.497 e. The summed E-state index contributed by atoms with van der Waals surface area (Å²) in [5.41, 5.74) is 6.32. The van der Waals surface area contributed by atoms with Gasteiger partial charge in [-0.25, -0.2) is 9.37 Å². The van der Waals surface area contributed by atoms with Gasteiger partial charge in [0.2, 0.25) is 5.89 Å². The van der Waals surface area contributed by atoms with E-state index in [0.29, 0.717) is 23.0 Å². The van der Waals surface area contributed by atoms with Gasteiger partial charge in [-0.3, -0.25) is 4.79 Å². The molecule has 0 saturated carbocycles. The van der Waals surface area contributed by atoms with Crippen LogP contribution in [0.1, 0.15) is 21.8 Å². The number of ether oxygens (including phenoxy) is 2. The molecule has 2 aromatic carbocycles. The van der Waals surface area contributed by atoms with Gasteiger partial charge in [0.05, 0.1) is 18.2 Å². The fourth-order valence-electron chi connectivity index (χ4n) is 2.42. The van der Waals surface area contributed by atoms with Gasteiger partial charge in [0.15, 0.2) is 0 Å².